The largest absolute Gasteiger partial charge is 0.381 e. The van der Waals surface area contributed by atoms with Gasteiger partial charge in [-0.25, -0.2) is 0 Å². The van der Waals surface area contributed by atoms with Crippen LogP contribution < -0.4 is 10.6 Å². The third kappa shape index (κ3) is 3.31. The standard InChI is InChI=1S/C18H17ClN4O2/c19-14-3-1-2-4-15(14)20-12-5-6-13-16(9-12)22-23-17(13)21-18(24)11-7-8-25-10-11/h1-6,9,11,20H,7-8,10H2,(H2,21,22,23,24)/t11-/m0/s1. The highest BCUT2D eigenvalue weighted by molar-refractivity contribution is 6.33. The first-order valence-electron chi connectivity index (χ1n) is 8.09. The average molecular weight is 357 g/mol. The van der Waals surface area contributed by atoms with Crippen LogP contribution in [0.1, 0.15) is 6.42 Å². The Morgan fingerprint density at radius 2 is 2.16 bits per heavy atom. The number of para-hydroxylation sites is 1. The smallest absolute Gasteiger partial charge is 0.231 e. The zero-order valence-corrected chi connectivity index (χ0v) is 14.1. The second kappa shape index (κ2) is 6.74. The number of H-pyrrole nitrogens is 1. The molecule has 1 fully saturated rings. The Morgan fingerprint density at radius 1 is 1.28 bits per heavy atom. The van der Waals surface area contributed by atoms with E-state index in [-0.39, 0.29) is 11.8 Å². The monoisotopic (exact) mass is 356 g/mol. The van der Waals surface area contributed by atoms with Crippen molar-refractivity contribution in [1.82, 2.24) is 10.2 Å². The van der Waals surface area contributed by atoms with Crippen LogP contribution in [-0.4, -0.2) is 29.3 Å². The van der Waals surface area contributed by atoms with Gasteiger partial charge < -0.3 is 15.4 Å². The Balaban J connectivity index is 1.54. The summed E-state index contributed by atoms with van der Waals surface area (Å²) in [5.74, 6) is 0.383. The molecule has 0 bridgehead atoms. The molecule has 25 heavy (non-hydrogen) atoms. The number of carbonyl (C=O) groups is 1. The third-order valence-electron chi connectivity index (χ3n) is 4.26. The molecule has 4 rings (SSSR count). The molecule has 1 aromatic heterocycles. The summed E-state index contributed by atoms with van der Waals surface area (Å²) in [6, 6.07) is 13.3. The van der Waals surface area contributed by atoms with Gasteiger partial charge in [-0.15, -0.1) is 0 Å². The molecule has 7 heteroatoms. The summed E-state index contributed by atoms with van der Waals surface area (Å²) in [6.45, 7) is 1.11. The van der Waals surface area contributed by atoms with Crippen molar-refractivity contribution in [3.63, 3.8) is 0 Å². The molecule has 1 atom stereocenters. The fourth-order valence-electron chi connectivity index (χ4n) is 2.87. The van der Waals surface area contributed by atoms with Crippen LogP contribution in [0.4, 0.5) is 17.2 Å². The average Bonchev–Trinajstić information content (AvgIpc) is 3.27. The number of anilines is 3. The molecule has 0 radical (unpaired) electrons. The number of hydrogen-bond acceptors (Lipinski definition) is 4. The Morgan fingerprint density at radius 3 is 2.96 bits per heavy atom. The van der Waals surface area contributed by atoms with Gasteiger partial charge in [0.05, 0.1) is 28.8 Å². The number of rotatable bonds is 4. The molecule has 3 aromatic rings. The van der Waals surface area contributed by atoms with Gasteiger partial charge in [0.25, 0.3) is 0 Å². The number of hydrogen-bond donors (Lipinski definition) is 3. The van der Waals surface area contributed by atoms with Gasteiger partial charge in [-0.05, 0) is 36.8 Å². The minimum Gasteiger partial charge on any atom is -0.381 e. The lowest BCUT2D eigenvalue weighted by molar-refractivity contribution is -0.119. The summed E-state index contributed by atoms with van der Waals surface area (Å²) in [5.41, 5.74) is 2.54. The van der Waals surface area contributed by atoms with Crippen LogP contribution in [0.25, 0.3) is 10.9 Å². The molecule has 1 aliphatic heterocycles. The molecule has 1 aliphatic rings. The first-order chi connectivity index (χ1) is 12.2. The predicted molar refractivity (Wildman–Crippen MR) is 98.4 cm³/mol. The van der Waals surface area contributed by atoms with Crippen LogP contribution in [0.15, 0.2) is 42.5 Å². The van der Waals surface area contributed by atoms with Crippen LogP contribution in [0.3, 0.4) is 0 Å². The lowest BCUT2D eigenvalue weighted by Gasteiger charge is -2.09. The Labute approximate surface area is 149 Å². The molecule has 6 nitrogen and oxygen atoms in total. The van der Waals surface area contributed by atoms with Crippen LogP contribution in [0.5, 0.6) is 0 Å². The maximum absolute atomic E-state index is 12.2. The van der Waals surface area contributed by atoms with Crippen molar-refractivity contribution in [2.45, 2.75) is 6.42 Å². The van der Waals surface area contributed by atoms with E-state index in [4.69, 9.17) is 16.3 Å². The quantitative estimate of drug-likeness (QED) is 0.661. The number of aromatic nitrogens is 2. The minimum absolute atomic E-state index is 0.0517. The Bertz CT molecular complexity index is 918. The summed E-state index contributed by atoms with van der Waals surface area (Å²) < 4.78 is 5.26. The predicted octanol–water partition coefficient (Wildman–Crippen LogP) is 3.93. The van der Waals surface area contributed by atoms with E-state index in [0.717, 1.165) is 28.7 Å². The van der Waals surface area contributed by atoms with E-state index in [9.17, 15) is 4.79 Å². The highest BCUT2D eigenvalue weighted by Crippen LogP contribution is 2.29. The molecular weight excluding hydrogens is 340 g/mol. The highest BCUT2D eigenvalue weighted by Gasteiger charge is 2.24. The van der Waals surface area contributed by atoms with Crippen LogP contribution in [-0.2, 0) is 9.53 Å². The molecule has 1 amide bonds. The van der Waals surface area contributed by atoms with Gasteiger partial charge in [-0.1, -0.05) is 23.7 Å². The molecule has 1 saturated heterocycles. The molecule has 0 aliphatic carbocycles. The molecule has 0 unspecified atom stereocenters. The SMILES string of the molecule is O=C(Nc1n[nH]c2cc(Nc3ccccc3Cl)ccc12)[C@H]1CCOC1. The van der Waals surface area contributed by atoms with Crippen molar-refractivity contribution < 1.29 is 9.53 Å². The number of fused-ring (bicyclic) bond motifs is 1. The first kappa shape index (κ1) is 15.9. The van der Waals surface area contributed by atoms with Gasteiger partial charge >= 0.3 is 0 Å². The Kier molecular flexibility index (Phi) is 4.29. The van der Waals surface area contributed by atoms with Gasteiger partial charge in [0, 0.05) is 17.7 Å². The summed E-state index contributed by atoms with van der Waals surface area (Å²) in [7, 11) is 0. The van der Waals surface area contributed by atoms with Crippen molar-refractivity contribution in [2.75, 3.05) is 23.8 Å². The topological polar surface area (TPSA) is 79.0 Å². The highest BCUT2D eigenvalue weighted by atomic mass is 35.5. The fraction of sp³-hybridized carbons (Fsp3) is 0.222. The normalized spacial score (nSPS) is 16.9. The first-order valence-corrected chi connectivity index (χ1v) is 8.47. The van der Waals surface area contributed by atoms with E-state index in [2.05, 4.69) is 20.8 Å². The summed E-state index contributed by atoms with van der Waals surface area (Å²) in [5, 5.41) is 14.8. The summed E-state index contributed by atoms with van der Waals surface area (Å²) >= 11 is 6.18. The maximum Gasteiger partial charge on any atom is 0.231 e. The van der Waals surface area contributed by atoms with Crippen LogP contribution in [0, 0.1) is 5.92 Å². The van der Waals surface area contributed by atoms with Crippen molar-refractivity contribution in [2.24, 2.45) is 5.92 Å². The lowest BCUT2D eigenvalue weighted by atomic mass is 10.1. The second-order valence-electron chi connectivity index (χ2n) is 5.99. The van der Waals surface area contributed by atoms with E-state index in [1.54, 1.807) is 0 Å². The van der Waals surface area contributed by atoms with Gasteiger partial charge in [0.1, 0.15) is 0 Å². The fourth-order valence-corrected chi connectivity index (χ4v) is 3.05. The van der Waals surface area contributed by atoms with Crippen LogP contribution >= 0.6 is 11.6 Å². The molecule has 2 aromatic carbocycles. The van der Waals surface area contributed by atoms with Crippen molar-refractivity contribution in [3.05, 3.63) is 47.5 Å². The summed E-state index contributed by atoms with van der Waals surface area (Å²) in [6.07, 6.45) is 0.750. The number of nitrogens with zero attached hydrogens (tertiary/aromatic N) is 1. The second-order valence-corrected chi connectivity index (χ2v) is 6.39. The number of nitrogens with one attached hydrogen (secondary N) is 3. The number of carbonyl (C=O) groups excluding carboxylic acids is 1. The molecule has 128 valence electrons. The molecule has 2 heterocycles. The summed E-state index contributed by atoms with van der Waals surface area (Å²) in [4.78, 5) is 12.2. The molecule has 0 saturated carbocycles. The molecule has 0 spiro atoms. The van der Waals surface area contributed by atoms with Gasteiger partial charge in [0.15, 0.2) is 5.82 Å². The zero-order chi connectivity index (χ0) is 17.2. The van der Waals surface area contributed by atoms with Crippen molar-refractivity contribution in [3.8, 4) is 0 Å². The van der Waals surface area contributed by atoms with Crippen molar-refractivity contribution >= 4 is 45.6 Å². The van der Waals surface area contributed by atoms with E-state index in [0.29, 0.717) is 24.1 Å². The van der Waals surface area contributed by atoms with Gasteiger partial charge in [-0.3, -0.25) is 9.89 Å². The number of ether oxygens (including phenoxy) is 1. The molecular formula is C18H17ClN4O2. The molecule has 3 N–H and O–H groups in total. The maximum atomic E-state index is 12.2. The van der Waals surface area contributed by atoms with E-state index >= 15 is 0 Å². The number of aromatic amines is 1. The number of benzene rings is 2. The van der Waals surface area contributed by atoms with Crippen LogP contribution in [0.2, 0.25) is 5.02 Å². The van der Waals surface area contributed by atoms with Gasteiger partial charge in [0.2, 0.25) is 5.91 Å². The van der Waals surface area contributed by atoms with E-state index in [1.807, 2.05) is 42.5 Å². The third-order valence-corrected chi connectivity index (χ3v) is 4.59. The van der Waals surface area contributed by atoms with Gasteiger partial charge in [-0.2, -0.15) is 5.10 Å². The number of halogens is 1. The van der Waals surface area contributed by atoms with Crippen molar-refractivity contribution in [1.29, 1.82) is 0 Å². The van der Waals surface area contributed by atoms with E-state index in [1.165, 1.54) is 0 Å². The lowest BCUT2D eigenvalue weighted by Crippen LogP contribution is -2.23. The minimum atomic E-state index is -0.104. The zero-order valence-electron chi connectivity index (χ0n) is 13.4. The Hall–Kier alpha value is -2.57. The number of amides is 1. The van der Waals surface area contributed by atoms with E-state index < -0.39 is 0 Å².